The molecule has 0 spiro atoms. The van der Waals surface area contributed by atoms with Crippen LogP contribution in [0.5, 0.6) is 0 Å². The van der Waals surface area contributed by atoms with Crippen molar-refractivity contribution >= 4 is 18.3 Å². The van der Waals surface area contributed by atoms with Gasteiger partial charge in [-0.2, -0.15) is 0 Å². The fraction of sp³-hybridized carbons (Fsp3) is 0.667. The first-order valence-electron chi connectivity index (χ1n) is 3.19. The van der Waals surface area contributed by atoms with Gasteiger partial charge in [-0.1, -0.05) is 6.08 Å². The van der Waals surface area contributed by atoms with Gasteiger partial charge in [0.2, 0.25) is 0 Å². The molecule has 0 fully saturated rings. The molecule has 0 saturated heterocycles. The number of ether oxygens (including phenoxy) is 1. The normalized spacial score (nSPS) is 15.8. The van der Waals surface area contributed by atoms with Gasteiger partial charge in [0.25, 0.3) is 0 Å². The third-order valence-corrected chi connectivity index (χ3v) is 1.77. The molecule has 11 heavy (non-hydrogen) atoms. The standard InChI is InChI=1S/C6H13O3PS/c1-3-4-8-5-6-9-10(2,7)11/h3H,1,4-6H2,2H3,(H,7,11). The first-order valence-corrected chi connectivity index (χ1v) is 6.32. The van der Waals surface area contributed by atoms with E-state index in [1.165, 1.54) is 6.66 Å². The Balaban J connectivity index is 3.15. The predicted molar refractivity (Wildman–Crippen MR) is 49.4 cm³/mol. The molecule has 0 aromatic rings. The van der Waals surface area contributed by atoms with E-state index >= 15 is 0 Å². The highest BCUT2D eigenvalue weighted by atomic mass is 32.5. The van der Waals surface area contributed by atoms with E-state index in [0.717, 1.165) is 0 Å². The van der Waals surface area contributed by atoms with E-state index < -0.39 is 6.49 Å². The van der Waals surface area contributed by atoms with E-state index in [4.69, 9.17) is 14.2 Å². The Kier molecular flexibility index (Phi) is 6.01. The van der Waals surface area contributed by atoms with Crippen LogP contribution in [0, 0.1) is 0 Å². The van der Waals surface area contributed by atoms with Crippen molar-refractivity contribution in [3.8, 4) is 0 Å². The van der Waals surface area contributed by atoms with Gasteiger partial charge in [-0.25, -0.2) is 0 Å². The van der Waals surface area contributed by atoms with Gasteiger partial charge in [0.15, 0.2) is 6.49 Å². The lowest BCUT2D eigenvalue weighted by Gasteiger charge is -2.09. The Bertz CT molecular complexity index is 154. The highest BCUT2D eigenvalue weighted by Crippen LogP contribution is 2.36. The molecule has 0 aromatic carbocycles. The first-order chi connectivity index (χ1) is 5.06. The van der Waals surface area contributed by atoms with Crippen molar-refractivity contribution in [2.75, 3.05) is 26.5 Å². The SMILES string of the molecule is C=CCOCCOP(C)(O)=S. The highest BCUT2D eigenvalue weighted by Gasteiger charge is 2.02. The Morgan fingerprint density at radius 3 is 2.73 bits per heavy atom. The van der Waals surface area contributed by atoms with Gasteiger partial charge in [-0.15, -0.1) is 6.58 Å². The summed E-state index contributed by atoms with van der Waals surface area (Å²) in [5, 5.41) is 0. The zero-order valence-corrected chi connectivity index (χ0v) is 8.24. The maximum atomic E-state index is 9.00. The third kappa shape index (κ3) is 10.3. The summed E-state index contributed by atoms with van der Waals surface area (Å²) in [6.45, 7) is 3.79. The minimum absolute atomic E-state index is 0.345. The number of hydrogen-bond acceptors (Lipinski definition) is 3. The van der Waals surface area contributed by atoms with E-state index in [1.54, 1.807) is 6.08 Å². The molecule has 0 amide bonds. The van der Waals surface area contributed by atoms with Gasteiger partial charge in [0.05, 0.1) is 19.8 Å². The molecule has 0 saturated carbocycles. The van der Waals surface area contributed by atoms with Crippen molar-refractivity contribution in [1.82, 2.24) is 0 Å². The Hall–Kier alpha value is 0.270. The van der Waals surface area contributed by atoms with Crippen LogP contribution in [-0.2, 0) is 21.1 Å². The maximum absolute atomic E-state index is 9.00. The summed E-state index contributed by atoms with van der Waals surface area (Å²) >= 11 is 4.63. The smallest absolute Gasteiger partial charge is 0.183 e. The second kappa shape index (κ2) is 5.86. The summed E-state index contributed by atoms with van der Waals surface area (Å²) in [5.41, 5.74) is 0. The minimum Gasteiger partial charge on any atom is -0.375 e. The van der Waals surface area contributed by atoms with Gasteiger partial charge < -0.3 is 14.2 Å². The molecule has 1 atom stereocenters. The van der Waals surface area contributed by atoms with E-state index in [9.17, 15) is 0 Å². The summed E-state index contributed by atoms with van der Waals surface area (Å²) in [6.07, 6.45) is 1.65. The van der Waals surface area contributed by atoms with Gasteiger partial charge in [0.1, 0.15) is 0 Å². The van der Waals surface area contributed by atoms with E-state index in [2.05, 4.69) is 18.4 Å². The van der Waals surface area contributed by atoms with Gasteiger partial charge in [-0.3, -0.25) is 0 Å². The summed E-state index contributed by atoms with van der Waals surface area (Å²) in [5.74, 6) is 0. The second-order valence-corrected chi connectivity index (χ2v) is 5.90. The zero-order valence-electron chi connectivity index (χ0n) is 6.52. The lowest BCUT2D eigenvalue weighted by molar-refractivity contribution is 0.121. The van der Waals surface area contributed by atoms with E-state index in [-0.39, 0.29) is 0 Å². The lowest BCUT2D eigenvalue weighted by atomic mass is 10.7. The average Bonchev–Trinajstić information content (AvgIpc) is 1.85. The van der Waals surface area contributed by atoms with E-state index in [0.29, 0.717) is 19.8 Å². The molecule has 1 unspecified atom stereocenters. The molecule has 5 heteroatoms. The van der Waals surface area contributed by atoms with Crippen LogP contribution >= 0.6 is 6.49 Å². The van der Waals surface area contributed by atoms with Crippen molar-refractivity contribution in [3.05, 3.63) is 12.7 Å². The number of rotatable bonds is 6. The van der Waals surface area contributed by atoms with Crippen molar-refractivity contribution in [3.63, 3.8) is 0 Å². The Morgan fingerprint density at radius 2 is 2.27 bits per heavy atom. The molecule has 0 aromatic heterocycles. The quantitative estimate of drug-likeness (QED) is 0.393. The monoisotopic (exact) mass is 196 g/mol. The molecule has 3 nitrogen and oxygen atoms in total. The Labute approximate surface area is 72.2 Å². The fourth-order valence-electron chi connectivity index (χ4n) is 0.432. The summed E-state index contributed by atoms with van der Waals surface area (Å²) in [6, 6.07) is 0. The molecular formula is C6H13O3PS. The fourth-order valence-corrected chi connectivity index (χ4v) is 1.07. The molecule has 0 heterocycles. The number of hydrogen-bond donors (Lipinski definition) is 1. The molecule has 0 aliphatic heterocycles. The van der Waals surface area contributed by atoms with Gasteiger partial charge >= 0.3 is 0 Å². The van der Waals surface area contributed by atoms with Crippen molar-refractivity contribution < 1.29 is 14.2 Å². The van der Waals surface area contributed by atoms with E-state index in [1.807, 2.05) is 0 Å². The summed E-state index contributed by atoms with van der Waals surface area (Å²) in [4.78, 5) is 9.00. The maximum Gasteiger partial charge on any atom is 0.183 e. The molecule has 0 rings (SSSR count). The van der Waals surface area contributed by atoms with Crippen LogP contribution in [0.25, 0.3) is 0 Å². The van der Waals surface area contributed by atoms with Crippen molar-refractivity contribution in [2.24, 2.45) is 0 Å². The zero-order chi connectivity index (χ0) is 8.74. The highest BCUT2D eigenvalue weighted by molar-refractivity contribution is 8.09. The van der Waals surface area contributed by atoms with Crippen LogP contribution in [0.1, 0.15) is 0 Å². The van der Waals surface area contributed by atoms with Crippen LogP contribution in [0.3, 0.4) is 0 Å². The molecule has 0 aliphatic carbocycles. The van der Waals surface area contributed by atoms with Crippen LogP contribution < -0.4 is 0 Å². The van der Waals surface area contributed by atoms with Crippen LogP contribution in [0.2, 0.25) is 0 Å². The largest absolute Gasteiger partial charge is 0.375 e. The van der Waals surface area contributed by atoms with Gasteiger partial charge in [-0.05, 0) is 11.8 Å². The molecule has 0 bridgehead atoms. The predicted octanol–water partition coefficient (Wildman–Crippen LogP) is 1.14. The minimum atomic E-state index is -2.49. The molecule has 0 radical (unpaired) electrons. The van der Waals surface area contributed by atoms with Crippen LogP contribution in [-0.4, -0.2) is 31.4 Å². The van der Waals surface area contributed by atoms with Gasteiger partial charge in [0, 0.05) is 6.66 Å². The van der Waals surface area contributed by atoms with Crippen LogP contribution in [0.4, 0.5) is 0 Å². The topological polar surface area (TPSA) is 38.7 Å². The average molecular weight is 196 g/mol. The van der Waals surface area contributed by atoms with Crippen LogP contribution in [0.15, 0.2) is 12.7 Å². The first kappa shape index (κ1) is 11.3. The molecular weight excluding hydrogens is 183 g/mol. The Morgan fingerprint density at radius 1 is 1.64 bits per heavy atom. The summed E-state index contributed by atoms with van der Waals surface area (Å²) in [7, 11) is 0. The summed E-state index contributed by atoms with van der Waals surface area (Å²) < 4.78 is 9.89. The van der Waals surface area contributed by atoms with Crippen molar-refractivity contribution in [1.29, 1.82) is 0 Å². The lowest BCUT2D eigenvalue weighted by Crippen LogP contribution is -2.02. The second-order valence-electron chi connectivity index (χ2n) is 2.00. The van der Waals surface area contributed by atoms with Crippen molar-refractivity contribution in [2.45, 2.75) is 0 Å². The molecule has 1 N–H and O–H groups in total. The molecule has 66 valence electrons. The molecule has 0 aliphatic rings. The third-order valence-electron chi connectivity index (χ3n) is 0.794.